The number of hydrogen-bond donors (Lipinski definition) is 3. The second-order valence-corrected chi connectivity index (χ2v) is 9.56. The Labute approximate surface area is 154 Å². The van der Waals surface area contributed by atoms with Crippen LogP contribution in [0, 0.1) is 28.6 Å². The van der Waals surface area contributed by atoms with Gasteiger partial charge < -0.3 is 15.3 Å². The lowest BCUT2D eigenvalue weighted by atomic mass is 9.45. The first kappa shape index (κ1) is 18.3. The number of ketones is 2. The Bertz CT molecular complexity index is 699. The summed E-state index contributed by atoms with van der Waals surface area (Å²) >= 11 is 0. The number of carbonyl (C=O) groups excluding carboxylic acids is 2. The van der Waals surface area contributed by atoms with E-state index in [2.05, 4.69) is 13.0 Å². The van der Waals surface area contributed by atoms with Gasteiger partial charge >= 0.3 is 0 Å². The van der Waals surface area contributed by atoms with Crippen LogP contribution in [0.3, 0.4) is 0 Å². The van der Waals surface area contributed by atoms with Crippen LogP contribution in [0.2, 0.25) is 0 Å². The maximum atomic E-state index is 13.3. The zero-order chi connectivity index (χ0) is 19.1. The van der Waals surface area contributed by atoms with Gasteiger partial charge in [0.1, 0.15) is 17.2 Å². The van der Waals surface area contributed by atoms with Gasteiger partial charge in [-0.1, -0.05) is 18.6 Å². The Balaban J connectivity index is 1.82. The van der Waals surface area contributed by atoms with Crippen LogP contribution in [0.15, 0.2) is 11.6 Å². The normalized spacial score (nSPS) is 53.4. The molecule has 3 fully saturated rings. The maximum absolute atomic E-state index is 13.3. The Morgan fingerprint density at radius 3 is 2.54 bits per heavy atom. The molecular weight excluding hydrogens is 332 g/mol. The van der Waals surface area contributed by atoms with Gasteiger partial charge in [0.05, 0.1) is 17.6 Å². The number of aliphatic hydroxyl groups is 3. The lowest BCUT2D eigenvalue weighted by molar-refractivity contribution is -0.209. The van der Waals surface area contributed by atoms with Crippen molar-refractivity contribution in [2.45, 2.75) is 77.1 Å². The summed E-state index contributed by atoms with van der Waals surface area (Å²) in [5.74, 6) is -1.14. The van der Waals surface area contributed by atoms with E-state index in [0.29, 0.717) is 25.7 Å². The van der Waals surface area contributed by atoms with Crippen LogP contribution in [0.5, 0.6) is 0 Å². The third kappa shape index (κ3) is 1.97. The Kier molecular flexibility index (Phi) is 3.87. The topological polar surface area (TPSA) is 94.8 Å². The molecule has 0 heterocycles. The third-order valence-corrected chi connectivity index (χ3v) is 8.64. The summed E-state index contributed by atoms with van der Waals surface area (Å²) in [4.78, 5) is 25.5. The van der Waals surface area contributed by atoms with Gasteiger partial charge in [0, 0.05) is 12.3 Å². The van der Waals surface area contributed by atoms with E-state index >= 15 is 0 Å². The highest BCUT2D eigenvalue weighted by atomic mass is 16.3. The molecule has 0 amide bonds. The molecule has 144 valence electrons. The fourth-order valence-corrected chi connectivity index (χ4v) is 6.99. The highest BCUT2D eigenvalue weighted by Crippen LogP contribution is 2.66. The van der Waals surface area contributed by atoms with Crippen molar-refractivity contribution < 1.29 is 24.9 Å². The number of Topliss-reactive ketones (excluding diaryl/α,β-unsaturated/α-hetero) is 2. The SMILES string of the molecule is CC(=O)[C@H]1C[C@H](O)[C@]2(O)[C@@H]3CC=C4C[C@@H](O)CC[C@]4(C)[C@@H]3CC(=O)[C@]12C. The van der Waals surface area contributed by atoms with Crippen molar-refractivity contribution in [1.82, 2.24) is 0 Å². The van der Waals surface area contributed by atoms with Crippen molar-refractivity contribution in [3.05, 3.63) is 11.6 Å². The predicted octanol–water partition coefficient (Wildman–Crippen LogP) is 1.78. The number of rotatable bonds is 1. The molecule has 5 nitrogen and oxygen atoms in total. The highest BCUT2D eigenvalue weighted by Gasteiger charge is 2.73. The van der Waals surface area contributed by atoms with E-state index < -0.39 is 23.0 Å². The van der Waals surface area contributed by atoms with Crippen LogP contribution in [0.1, 0.15) is 59.3 Å². The van der Waals surface area contributed by atoms with Crippen LogP contribution in [-0.4, -0.2) is 44.7 Å². The van der Waals surface area contributed by atoms with Crippen LogP contribution in [-0.2, 0) is 9.59 Å². The number of hydrogen-bond acceptors (Lipinski definition) is 5. The zero-order valence-electron chi connectivity index (χ0n) is 15.9. The van der Waals surface area contributed by atoms with Crippen LogP contribution in [0.25, 0.3) is 0 Å². The van der Waals surface area contributed by atoms with Crippen molar-refractivity contribution >= 4 is 11.6 Å². The van der Waals surface area contributed by atoms with Gasteiger partial charge in [0.15, 0.2) is 0 Å². The molecule has 0 aromatic rings. The molecule has 26 heavy (non-hydrogen) atoms. The van der Waals surface area contributed by atoms with E-state index in [1.165, 1.54) is 12.5 Å². The minimum absolute atomic E-state index is 0.0547. The summed E-state index contributed by atoms with van der Waals surface area (Å²) in [5, 5.41) is 32.7. The van der Waals surface area contributed by atoms with Crippen molar-refractivity contribution in [3.8, 4) is 0 Å². The Morgan fingerprint density at radius 1 is 1.19 bits per heavy atom. The Morgan fingerprint density at radius 2 is 1.88 bits per heavy atom. The molecular formula is C21H30O5. The van der Waals surface area contributed by atoms with Gasteiger partial charge in [-0.25, -0.2) is 0 Å². The molecule has 5 heteroatoms. The van der Waals surface area contributed by atoms with Gasteiger partial charge in [0.2, 0.25) is 0 Å². The number of aliphatic hydroxyl groups excluding tert-OH is 2. The molecule has 8 atom stereocenters. The van der Waals surface area contributed by atoms with E-state index in [4.69, 9.17) is 0 Å². The maximum Gasteiger partial charge on any atom is 0.142 e. The second kappa shape index (κ2) is 5.49. The molecule has 4 aliphatic carbocycles. The quantitative estimate of drug-likeness (QED) is 0.618. The molecule has 0 aliphatic heterocycles. The number of allylic oxidation sites excluding steroid dienone is 1. The molecule has 4 rings (SSSR count). The fourth-order valence-electron chi connectivity index (χ4n) is 6.99. The minimum Gasteiger partial charge on any atom is -0.393 e. The van der Waals surface area contributed by atoms with Crippen molar-refractivity contribution in [2.24, 2.45) is 28.6 Å². The lowest BCUT2D eigenvalue weighted by Crippen LogP contribution is -2.67. The van der Waals surface area contributed by atoms with Gasteiger partial charge in [-0.15, -0.1) is 0 Å². The number of carbonyl (C=O) groups is 2. The van der Waals surface area contributed by atoms with Crippen LogP contribution in [0.4, 0.5) is 0 Å². The summed E-state index contributed by atoms with van der Waals surface area (Å²) in [5.41, 5.74) is -1.82. The summed E-state index contributed by atoms with van der Waals surface area (Å²) in [7, 11) is 0. The molecule has 0 bridgehead atoms. The molecule has 0 spiro atoms. The molecule has 0 saturated heterocycles. The Hall–Kier alpha value is -1.04. The van der Waals surface area contributed by atoms with E-state index in [1.54, 1.807) is 6.92 Å². The van der Waals surface area contributed by atoms with Crippen LogP contribution < -0.4 is 0 Å². The molecule has 3 saturated carbocycles. The first-order valence-electron chi connectivity index (χ1n) is 9.88. The summed E-state index contributed by atoms with van der Waals surface area (Å²) in [6.45, 7) is 5.29. The van der Waals surface area contributed by atoms with Gasteiger partial charge in [-0.05, 0) is 63.2 Å². The lowest BCUT2D eigenvalue weighted by Gasteiger charge is -2.60. The standard InChI is InChI=1S/C21H30O5/c1-11(22)15-9-18(25)21(26)14-5-4-12-8-13(23)6-7-19(12,2)16(14)10-17(24)20(15,21)3/h4,13-16,18,23,25-26H,5-10H2,1-3H3/t13-,14+,15+,16+,18-,19-,20-,21+/m0/s1. The minimum atomic E-state index is -1.57. The van der Waals surface area contributed by atoms with Gasteiger partial charge in [-0.2, -0.15) is 0 Å². The predicted molar refractivity (Wildman–Crippen MR) is 95.1 cm³/mol. The van der Waals surface area contributed by atoms with E-state index in [0.717, 1.165) is 6.42 Å². The molecule has 3 N–H and O–H groups in total. The highest BCUT2D eigenvalue weighted by molar-refractivity contribution is 5.95. The molecule has 0 aromatic heterocycles. The first-order chi connectivity index (χ1) is 12.1. The molecule has 0 unspecified atom stereocenters. The van der Waals surface area contributed by atoms with Crippen molar-refractivity contribution in [2.75, 3.05) is 0 Å². The zero-order valence-corrected chi connectivity index (χ0v) is 15.9. The molecule has 4 aliphatic rings. The average molecular weight is 362 g/mol. The average Bonchev–Trinajstić information content (AvgIpc) is 2.79. The van der Waals surface area contributed by atoms with Crippen molar-refractivity contribution in [3.63, 3.8) is 0 Å². The van der Waals surface area contributed by atoms with E-state index in [-0.39, 0.29) is 41.3 Å². The van der Waals surface area contributed by atoms with Crippen molar-refractivity contribution in [1.29, 1.82) is 0 Å². The monoisotopic (exact) mass is 362 g/mol. The van der Waals surface area contributed by atoms with E-state index in [1.807, 2.05) is 0 Å². The van der Waals surface area contributed by atoms with Gasteiger partial charge in [0.25, 0.3) is 0 Å². The van der Waals surface area contributed by atoms with Gasteiger partial charge in [-0.3, -0.25) is 9.59 Å². The summed E-state index contributed by atoms with van der Waals surface area (Å²) < 4.78 is 0. The molecule has 0 radical (unpaired) electrons. The largest absolute Gasteiger partial charge is 0.393 e. The summed E-state index contributed by atoms with van der Waals surface area (Å²) in [6, 6.07) is 0. The smallest absolute Gasteiger partial charge is 0.142 e. The fraction of sp³-hybridized carbons (Fsp3) is 0.810. The molecule has 0 aromatic carbocycles. The van der Waals surface area contributed by atoms with E-state index in [9.17, 15) is 24.9 Å². The second-order valence-electron chi connectivity index (χ2n) is 9.56. The number of fused-ring (bicyclic) bond motifs is 5. The summed E-state index contributed by atoms with van der Waals surface area (Å²) in [6.07, 6.45) is 3.90. The first-order valence-corrected chi connectivity index (χ1v) is 9.88. The third-order valence-electron chi connectivity index (χ3n) is 8.64. The van der Waals surface area contributed by atoms with Crippen LogP contribution >= 0.6 is 0 Å².